The lowest BCUT2D eigenvalue weighted by atomic mass is 9.82. The molecule has 2 unspecified atom stereocenters. The van der Waals surface area contributed by atoms with E-state index < -0.39 is 12.0 Å². The third-order valence-electron chi connectivity index (χ3n) is 8.83. The number of benzene rings is 2. The Morgan fingerprint density at radius 1 is 0.923 bits per heavy atom. The second-order valence-electron chi connectivity index (χ2n) is 11.4. The van der Waals surface area contributed by atoms with Crippen molar-refractivity contribution in [3.63, 3.8) is 0 Å². The molecular formula is C33H45N3O3. The lowest BCUT2D eigenvalue weighted by Gasteiger charge is -2.30. The summed E-state index contributed by atoms with van der Waals surface area (Å²) >= 11 is 0. The number of carbonyl (C=O) groups is 3. The highest BCUT2D eigenvalue weighted by Crippen LogP contribution is 2.31. The summed E-state index contributed by atoms with van der Waals surface area (Å²) in [5, 5.41) is 6.70. The van der Waals surface area contributed by atoms with Crippen LogP contribution in [0.25, 0.3) is 0 Å². The van der Waals surface area contributed by atoms with Crippen molar-refractivity contribution < 1.29 is 14.4 Å². The highest BCUT2D eigenvalue weighted by Gasteiger charge is 2.44. The molecule has 0 aliphatic carbocycles. The number of ketones is 1. The Balaban J connectivity index is 1.61. The standard InChI is InChI=1S/C33H45N3O3/c1-4-23(2)30-31(37)24(3)28-18-21-36(33(28)39)29(22-25-12-6-5-7-13-25)32(38)35-20-11-17-27-15-9-8-14-26(27)16-10-19-34-30/h5-9,12-15,23-24,28-30,34H,4,10-11,16-22H2,1-3H3,(H,35,38)/t23?,24?,28-,29+,30-/m0/s1. The molecule has 2 aliphatic heterocycles. The highest BCUT2D eigenvalue weighted by molar-refractivity contribution is 5.95. The summed E-state index contributed by atoms with van der Waals surface area (Å²) < 4.78 is 0. The molecule has 5 atom stereocenters. The van der Waals surface area contributed by atoms with Crippen LogP contribution in [0.15, 0.2) is 54.6 Å². The van der Waals surface area contributed by atoms with Gasteiger partial charge in [0.2, 0.25) is 11.8 Å². The van der Waals surface area contributed by atoms with Gasteiger partial charge in [0.05, 0.1) is 6.04 Å². The molecule has 39 heavy (non-hydrogen) atoms. The lowest BCUT2D eigenvalue weighted by Crippen LogP contribution is -2.51. The molecule has 4 rings (SSSR count). The Kier molecular flexibility index (Phi) is 10.3. The van der Waals surface area contributed by atoms with E-state index >= 15 is 0 Å². The Morgan fingerprint density at radius 3 is 2.23 bits per heavy atom. The third-order valence-corrected chi connectivity index (χ3v) is 8.83. The third kappa shape index (κ3) is 7.16. The van der Waals surface area contributed by atoms with Crippen molar-refractivity contribution in [2.75, 3.05) is 19.6 Å². The molecule has 0 aromatic heterocycles. The Labute approximate surface area is 233 Å². The maximum atomic E-state index is 13.8. The zero-order chi connectivity index (χ0) is 27.8. The largest absolute Gasteiger partial charge is 0.354 e. The van der Waals surface area contributed by atoms with Gasteiger partial charge in [-0.05, 0) is 61.3 Å². The van der Waals surface area contributed by atoms with Gasteiger partial charge in [0.25, 0.3) is 0 Å². The molecule has 2 amide bonds. The van der Waals surface area contributed by atoms with E-state index in [1.807, 2.05) is 37.3 Å². The van der Waals surface area contributed by atoms with Crippen molar-refractivity contribution in [3.05, 3.63) is 71.3 Å². The Morgan fingerprint density at radius 2 is 1.56 bits per heavy atom. The molecule has 2 bridgehead atoms. The predicted molar refractivity (Wildman–Crippen MR) is 155 cm³/mol. The molecule has 0 spiro atoms. The van der Waals surface area contributed by atoms with Crippen molar-refractivity contribution in [3.8, 4) is 0 Å². The fourth-order valence-electron chi connectivity index (χ4n) is 6.17. The van der Waals surface area contributed by atoms with Gasteiger partial charge in [-0.1, -0.05) is 81.8 Å². The first-order valence-electron chi connectivity index (χ1n) is 14.9. The minimum Gasteiger partial charge on any atom is -0.354 e. The Hall–Kier alpha value is -2.99. The van der Waals surface area contributed by atoms with Crippen LogP contribution in [0.1, 0.15) is 63.1 Å². The fourth-order valence-corrected chi connectivity index (χ4v) is 6.17. The van der Waals surface area contributed by atoms with Gasteiger partial charge in [0.15, 0.2) is 5.78 Å². The van der Waals surface area contributed by atoms with Gasteiger partial charge in [-0.3, -0.25) is 14.4 Å². The Bertz CT molecular complexity index is 1120. The number of amides is 2. The van der Waals surface area contributed by atoms with Crippen molar-refractivity contribution >= 4 is 17.6 Å². The molecule has 0 saturated carbocycles. The molecule has 1 fully saturated rings. The highest BCUT2D eigenvalue weighted by atomic mass is 16.2. The smallest absolute Gasteiger partial charge is 0.243 e. The number of fused-ring (bicyclic) bond motifs is 3. The van der Waals surface area contributed by atoms with Crippen LogP contribution in [-0.4, -0.2) is 54.2 Å². The molecule has 2 N–H and O–H groups in total. The van der Waals surface area contributed by atoms with E-state index in [9.17, 15) is 14.4 Å². The van der Waals surface area contributed by atoms with E-state index in [1.165, 1.54) is 11.1 Å². The van der Waals surface area contributed by atoms with Crippen LogP contribution in [0.3, 0.4) is 0 Å². The van der Waals surface area contributed by atoms with Crippen LogP contribution >= 0.6 is 0 Å². The summed E-state index contributed by atoms with van der Waals surface area (Å²) in [5.41, 5.74) is 3.67. The predicted octanol–water partition coefficient (Wildman–Crippen LogP) is 4.35. The number of hydrogen-bond donors (Lipinski definition) is 2. The first-order chi connectivity index (χ1) is 18.9. The molecule has 1 saturated heterocycles. The zero-order valence-electron chi connectivity index (χ0n) is 23.8. The van der Waals surface area contributed by atoms with E-state index in [0.29, 0.717) is 25.9 Å². The summed E-state index contributed by atoms with van der Waals surface area (Å²) in [6, 6.07) is 17.6. The van der Waals surface area contributed by atoms with Crippen molar-refractivity contribution in [1.29, 1.82) is 0 Å². The van der Waals surface area contributed by atoms with Crippen molar-refractivity contribution in [2.45, 2.75) is 77.8 Å². The quantitative estimate of drug-likeness (QED) is 0.615. The summed E-state index contributed by atoms with van der Waals surface area (Å²) in [7, 11) is 0. The van der Waals surface area contributed by atoms with Crippen LogP contribution in [0, 0.1) is 17.8 Å². The number of carbonyl (C=O) groups excluding carboxylic acids is 3. The first-order valence-corrected chi connectivity index (χ1v) is 14.9. The van der Waals surface area contributed by atoms with Gasteiger partial charge in [-0.15, -0.1) is 0 Å². The molecule has 2 heterocycles. The number of hydrogen-bond acceptors (Lipinski definition) is 4. The van der Waals surface area contributed by atoms with Gasteiger partial charge in [-0.25, -0.2) is 0 Å². The van der Waals surface area contributed by atoms with Gasteiger partial charge < -0.3 is 15.5 Å². The molecule has 2 aromatic rings. The summed E-state index contributed by atoms with van der Waals surface area (Å²) in [4.78, 5) is 42.8. The van der Waals surface area contributed by atoms with Crippen LogP contribution in [-0.2, 0) is 33.6 Å². The number of rotatable bonds is 4. The van der Waals surface area contributed by atoms with E-state index in [0.717, 1.165) is 44.2 Å². The van der Waals surface area contributed by atoms with E-state index in [1.54, 1.807) is 4.90 Å². The maximum absolute atomic E-state index is 13.8. The molecule has 210 valence electrons. The zero-order valence-corrected chi connectivity index (χ0v) is 23.8. The van der Waals surface area contributed by atoms with Crippen molar-refractivity contribution in [1.82, 2.24) is 15.5 Å². The summed E-state index contributed by atoms with van der Waals surface area (Å²) in [5.74, 6) is -0.654. The second-order valence-corrected chi connectivity index (χ2v) is 11.4. The normalized spacial score (nSPS) is 26.3. The van der Waals surface area contributed by atoms with Crippen molar-refractivity contribution in [2.24, 2.45) is 17.8 Å². The topological polar surface area (TPSA) is 78.5 Å². The van der Waals surface area contributed by atoms with Gasteiger partial charge in [-0.2, -0.15) is 0 Å². The lowest BCUT2D eigenvalue weighted by molar-refractivity contribution is -0.142. The van der Waals surface area contributed by atoms with Crippen LogP contribution in [0.2, 0.25) is 0 Å². The number of aryl methyl sites for hydroxylation is 2. The van der Waals surface area contributed by atoms with Crippen LogP contribution < -0.4 is 10.6 Å². The molecule has 6 heteroatoms. The summed E-state index contributed by atoms with van der Waals surface area (Å²) in [6.45, 7) is 7.97. The van der Waals surface area contributed by atoms with E-state index in [-0.39, 0.29) is 35.5 Å². The maximum Gasteiger partial charge on any atom is 0.243 e. The van der Waals surface area contributed by atoms with Gasteiger partial charge in [0.1, 0.15) is 6.04 Å². The van der Waals surface area contributed by atoms with E-state index in [4.69, 9.17) is 0 Å². The molecule has 0 radical (unpaired) electrons. The minimum absolute atomic E-state index is 0.0649. The fraction of sp³-hybridized carbons (Fsp3) is 0.545. The number of nitrogens with one attached hydrogen (secondary N) is 2. The van der Waals surface area contributed by atoms with Crippen LogP contribution in [0.5, 0.6) is 0 Å². The minimum atomic E-state index is -0.582. The van der Waals surface area contributed by atoms with Gasteiger partial charge >= 0.3 is 0 Å². The number of Topliss-reactive ketones (excluding diaryl/α,β-unsaturated/α-hetero) is 1. The summed E-state index contributed by atoms with van der Waals surface area (Å²) in [6.07, 6.45) is 5.59. The molecular weight excluding hydrogens is 486 g/mol. The number of nitrogens with zero attached hydrogens (tertiary/aromatic N) is 1. The average Bonchev–Trinajstić information content (AvgIpc) is 3.34. The average molecular weight is 532 g/mol. The molecule has 2 aliphatic rings. The SMILES string of the molecule is CCC(C)[C@@H]1NCCCc2ccccc2CCCNC(=O)[C@@H](Cc2ccccc2)N2CC[C@H](C2=O)C(C)C1=O. The van der Waals surface area contributed by atoms with Crippen LogP contribution in [0.4, 0.5) is 0 Å². The molecule has 6 nitrogen and oxygen atoms in total. The van der Waals surface area contributed by atoms with E-state index in [2.05, 4.69) is 48.7 Å². The molecule has 2 aromatic carbocycles. The second kappa shape index (κ2) is 13.9. The first kappa shape index (κ1) is 29.0. The van der Waals surface area contributed by atoms with Gasteiger partial charge in [0, 0.05) is 31.3 Å². The monoisotopic (exact) mass is 531 g/mol.